The van der Waals surface area contributed by atoms with Gasteiger partial charge in [0.15, 0.2) is 6.61 Å². The Bertz CT molecular complexity index is 648. The molecular weight excluding hydrogens is 328 g/mol. The maximum Gasteiger partial charge on any atom is 0.257 e. The molecule has 0 aromatic heterocycles. The number of benzene rings is 1. The highest BCUT2D eigenvalue weighted by Crippen LogP contribution is 2.60. The fourth-order valence-electron chi connectivity index (χ4n) is 5.68. The molecule has 26 heavy (non-hydrogen) atoms. The van der Waals surface area contributed by atoms with Crippen molar-refractivity contribution in [1.29, 1.82) is 0 Å². The number of rotatable bonds is 6. The molecule has 0 spiro atoms. The lowest BCUT2D eigenvalue weighted by atomic mass is 9.49. The molecule has 0 unspecified atom stereocenters. The first kappa shape index (κ1) is 17.4. The summed E-state index contributed by atoms with van der Waals surface area (Å²) in [5.74, 6) is 2.98. The Morgan fingerprint density at radius 3 is 2.15 bits per heavy atom. The van der Waals surface area contributed by atoms with Crippen LogP contribution in [0.15, 0.2) is 24.3 Å². The van der Waals surface area contributed by atoms with E-state index in [1.54, 1.807) is 12.1 Å². The molecule has 5 nitrogen and oxygen atoms in total. The number of nitrogens with one attached hydrogen (secondary N) is 2. The van der Waals surface area contributed by atoms with E-state index in [0.29, 0.717) is 12.3 Å². The molecule has 5 rings (SSSR count). The van der Waals surface area contributed by atoms with E-state index in [4.69, 9.17) is 4.74 Å². The number of hydrogen-bond donors (Lipinski definition) is 2. The molecule has 2 N–H and O–H groups in total. The third kappa shape index (κ3) is 3.44. The van der Waals surface area contributed by atoms with Crippen molar-refractivity contribution in [2.45, 2.75) is 45.4 Å². The average Bonchev–Trinajstić information content (AvgIpc) is 2.60. The van der Waals surface area contributed by atoms with Gasteiger partial charge in [-0.05, 0) is 87.5 Å². The number of amides is 2. The summed E-state index contributed by atoms with van der Waals surface area (Å²) in [4.78, 5) is 24.5. The van der Waals surface area contributed by atoms with Crippen LogP contribution in [0.25, 0.3) is 0 Å². The van der Waals surface area contributed by atoms with Crippen molar-refractivity contribution in [3.63, 3.8) is 0 Å². The Kier molecular flexibility index (Phi) is 4.63. The minimum atomic E-state index is -0.137. The molecule has 5 heteroatoms. The second kappa shape index (κ2) is 6.93. The maximum atomic E-state index is 13.0. The van der Waals surface area contributed by atoms with Gasteiger partial charge in [0.05, 0.1) is 5.41 Å². The predicted molar refractivity (Wildman–Crippen MR) is 99.9 cm³/mol. The second-order valence-corrected chi connectivity index (χ2v) is 8.42. The summed E-state index contributed by atoms with van der Waals surface area (Å²) in [5.41, 5.74) is 0.665. The van der Waals surface area contributed by atoms with Crippen molar-refractivity contribution in [1.82, 2.24) is 5.32 Å². The molecule has 2 amide bonds. The smallest absolute Gasteiger partial charge is 0.257 e. The third-order valence-corrected chi connectivity index (χ3v) is 6.38. The van der Waals surface area contributed by atoms with Crippen LogP contribution in [0.3, 0.4) is 0 Å². The molecule has 4 bridgehead atoms. The van der Waals surface area contributed by atoms with Gasteiger partial charge in [-0.15, -0.1) is 0 Å². The molecule has 0 aliphatic heterocycles. The average molecular weight is 356 g/mol. The number of carbonyl (C=O) groups excluding carboxylic acids is 2. The largest absolute Gasteiger partial charge is 0.484 e. The molecular formula is C21H28N2O3. The summed E-state index contributed by atoms with van der Waals surface area (Å²) < 4.78 is 5.46. The number of carbonyl (C=O) groups is 2. The SMILES string of the molecule is CCNC(=O)COc1ccc(NC(=O)C23CC4CC(CC(C4)C2)C3)cc1. The van der Waals surface area contributed by atoms with E-state index in [2.05, 4.69) is 10.6 Å². The zero-order valence-electron chi connectivity index (χ0n) is 15.4. The Morgan fingerprint density at radius 1 is 1.04 bits per heavy atom. The van der Waals surface area contributed by atoms with Crippen LogP contribution in [0.4, 0.5) is 5.69 Å². The first-order chi connectivity index (χ1) is 12.6. The highest BCUT2D eigenvalue weighted by atomic mass is 16.5. The highest BCUT2D eigenvalue weighted by molar-refractivity contribution is 5.95. The van der Waals surface area contributed by atoms with Crippen molar-refractivity contribution in [2.75, 3.05) is 18.5 Å². The lowest BCUT2D eigenvalue weighted by Gasteiger charge is -2.55. The van der Waals surface area contributed by atoms with Crippen LogP contribution in [0.2, 0.25) is 0 Å². The zero-order chi connectivity index (χ0) is 18.1. The quantitative estimate of drug-likeness (QED) is 0.821. The first-order valence-corrected chi connectivity index (χ1v) is 9.87. The Labute approximate surface area is 154 Å². The fraction of sp³-hybridized carbons (Fsp3) is 0.619. The summed E-state index contributed by atoms with van der Waals surface area (Å²) in [7, 11) is 0. The van der Waals surface area contributed by atoms with Crippen molar-refractivity contribution in [2.24, 2.45) is 23.2 Å². The monoisotopic (exact) mass is 356 g/mol. The van der Waals surface area contributed by atoms with Crippen molar-refractivity contribution in [3.8, 4) is 5.75 Å². The van der Waals surface area contributed by atoms with Gasteiger partial charge in [-0.1, -0.05) is 0 Å². The number of ether oxygens (including phenoxy) is 1. The van der Waals surface area contributed by atoms with E-state index >= 15 is 0 Å². The van der Waals surface area contributed by atoms with Gasteiger partial charge in [-0.3, -0.25) is 9.59 Å². The van der Waals surface area contributed by atoms with Gasteiger partial charge in [0.2, 0.25) is 5.91 Å². The van der Waals surface area contributed by atoms with Crippen LogP contribution in [-0.4, -0.2) is 25.0 Å². The maximum absolute atomic E-state index is 13.0. The first-order valence-electron chi connectivity index (χ1n) is 9.87. The van der Waals surface area contributed by atoms with Crippen LogP contribution in [0.1, 0.15) is 45.4 Å². The molecule has 1 aromatic carbocycles. The lowest BCUT2D eigenvalue weighted by molar-refractivity contribution is -0.140. The van der Waals surface area contributed by atoms with Crippen LogP contribution >= 0.6 is 0 Å². The number of anilines is 1. The van der Waals surface area contributed by atoms with Gasteiger partial charge >= 0.3 is 0 Å². The standard InChI is InChI=1S/C21H28N2O3/c1-2-22-19(24)13-26-18-5-3-17(4-6-18)23-20(25)21-10-14-7-15(11-21)9-16(8-14)12-21/h3-6,14-16H,2,7-13H2,1H3,(H,22,24)(H,23,25). The van der Waals surface area contributed by atoms with E-state index in [0.717, 1.165) is 42.7 Å². The molecule has 4 saturated carbocycles. The van der Waals surface area contributed by atoms with E-state index in [1.807, 2.05) is 19.1 Å². The molecule has 0 atom stereocenters. The Hall–Kier alpha value is -2.04. The molecule has 1 aromatic rings. The van der Waals surface area contributed by atoms with E-state index in [9.17, 15) is 9.59 Å². The van der Waals surface area contributed by atoms with Crippen molar-refractivity contribution < 1.29 is 14.3 Å². The van der Waals surface area contributed by atoms with Crippen LogP contribution in [-0.2, 0) is 9.59 Å². The highest BCUT2D eigenvalue weighted by Gasteiger charge is 2.54. The minimum Gasteiger partial charge on any atom is -0.484 e. The zero-order valence-corrected chi connectivity index (χ0v) is 15.4. The van der Waals surface area contributed by atoms with Crippen LogP contribution < -0.4 is 15.4 Å². The Morgan fingerprint density at radius 2 is 1.62 bits per heavy atom. The summed E-state index contributed by atoms with van der Waals surface area (Å²) in [5, 5.41) is 5.83. The normalized spacial score (nSPS) is 31.5. The van der Waals surface area contributed by atoms with E-state index in [1.165, 1.54) is 19.3 Å². The molecule has 0 saturated heterocycles. The molecule has 4 fully saturated rings. The predicted octanol–water partition coefficient (Wildman–Crippen LogP) is 3.36. The van der Waals surface area contributed by atoms with Crippen molar-refractivity contribution in [3.05, 3.63) is 24.3 Å². The van der Waals surface area contributed by atoms with Crippen LogP contribution in [0.5, 0.6) is 5.75 Å². The topological polar surface area (TPSA) is 67.4 Å². The van der Waals surface area contributed by atoms with Gasteiger partial charge in [-0.25, -0.2) is 0 Å². The lowest BCUT2D eigenvalue weighted by Crippen LogP contribution is -2.51. The van der Waals surface area contributed by atoms with Gasteiger partial charge in [-0.2, -0.15) is 0 Å². The van der Waals surface area contributed by atoms with Crippen molar-refractivity contribution >= 4 is 17.5 Å². The van der Waals surface area contributed by atoms with Crippen LogP contribution in [0, 0.1) is 23.2 Å². The summed E-state index contributed by atoms with van der Waals surface area (Å²) in [6, 6.07) is 7.31. The minimum absolute atomic E-state index is 0.00677. The molecule has 4 aliphatic rings. The Balaban J connectivity index is 1.35. The number of likely N-dealkylation sites (N-methyl/N-ethyl adjacent to an activating group) is 1. The summed E-state index contributed by atoms with van der Waals surface area (Å²) in [6.45, 7) is 2.48. The van der Waals surface area contributed by atoms with Gasteiger partial charge in [0.1, 0.15) is 5.75 Å². The second-order valence-electron chi connectivity index (χ2n) is 8.42. The molecule has 0 heterocycles. The molecule has 140 valence electrons. The van der Waals surface area contributed by atoms with E-state index in [-0.39, 0.29) is 23.8 Å². The molecule has 4 aliphatic carbocycles. The summed E-state index contributed by atoms with van der Waals surface area (Å²) in [6.07, 6.45) is 7.22. The third-order valence-electron chi connectivity index (χ3n) is 6.38. The van der Waals surface area contributed by atoms with Gasteiger partial charge in [0, 0.05) is 12.2 Å². The summed E-state index contributed by atoms with van der Waals surface area (Å²) >= 11 is 0. The molecule has 0 radical (unpaired) electrons. The van der Waals surface area contributed by atoms with Gasteiger partial charge < -0.3 is 15.4 Å². The fourth-order valence-corrected chi connectivity index (χ4v) is 5.68. The van der Waals surface area contributed by atoms with E-state index < -0.39 is 0 Å². The number of hydrogen-bond acceptors (Lipinski definition) is 3. The van der Waals surface area contributed by atoms with Gasteiger partial charge in [0.25, 0.3) is 5.91 Å².